The molecule has 11 heavy (non-hydrogen) atoms. The molecular formula is C8H13NO2. The summed E-state index contributed by atoms with van der Waals surface area (Å²) < 4.78 is 5.15. The van der Waals surface area contributed by atoms with Crippen LogP contribution in [0.5, 0.6) is 0 Å². The summed E-state index contributed by atoms with van der Waals surface area (Å²) in [6.07, 6.45) is 0.767. The smallest absolute Gasteiger partial charge is 0.145 e. The van der Waals surface area contributed by atoms with Gasteiger partial charge in [0.15, 0.2) is 0 Å². The first-order chi connectivity index (χ1) is 5.38. The molecule has 1 fully saturated rings. The standard InChI is InChI=1S/C8H13NO2/c1-2-8(7-10)9-3-5-11-6-4-9/h2-6H2,1H3. The van der Waals surface area contributed by atoms with Gasteiger partial charge in [-0.2, -0.15) is 0 Å². The number of rotatable bonds is 2. The Morgan fingerprint density at radius 3 is 2.64 bits per heavy atom. The highest BCUT2D eigenvalue weighted by atomic mass is 16.5. The quantitative estimate of drug-likeness (QED) is 0.542. The van der Waals surface area contributed by atoms with Crippen molar-refractivity contribution in [1.82, 2.24) is 4.90 Å². The molecule has 3 heteroatoms. The Morgan fingerprint density at radius 1 is 1.55 bits per heavy atom. The second kappa shape index (κ2) is 4.16. The van der Waals surface area contributed by atoms with Crippen LogP contribution in [0.15, 0.2) is 5.70 Å². The molecule has 3 nitrogen and oxygen atoms in total. The molecular weight excluding hydrogens is 142 g/mol. The monoisotopic (exact) mass is 155 g/mol. The maximum Gasteiger partial charge on any atom is 0.145 e. The SMILES string of the molecule is CCC(=C=O)N1CCOCC1. The van der Waals surface area contributed by atoms with Gasteiger partial charge in [0, 0.05) is 13.1 Å². The fraction of sp³-hybridized carbons (Fsp3) is 0.750. The lowest BCUT2D eigenvalue weighted by molar-refractivity contribution is 0.0530. The molecule has 1 aliphatic heterocycles. The molecule has 1 heterocycles. The van der Waals surface area contributed by atoms with E-state index in [0.717, 1.165) is 38.4 Å². The Hall–Kier alpha value is -0.790. The molecule has 0 aromatic rings. The van der Waals surface area contributed by atoms with Gasteiger partial charge in [-0.25, -0.2) is 4.79 Å². The second-order valence-electron chi connectivity index (χ2n) is 2.50. The second-order valence-corrected chi connectivity index (χ2v) is 2.50. The lowest BCUT2D eigenvalue weighted by Crippen LogP contribution is -2.35. The normalized spacial score (nSPS) is 17.7. The van der Waals surface area contributed by atoms with Crippen LogP contribution < -0.4 is 0 Å². The number of nitrogens with zero attached hydrogens (tertiary/aromatic N) is 1. The van der Waals surface area contributed by atoms with E-state index in [0.29, 0.717) is 0 Å². The zero-order valence-corrected chi connectivity index (χ0v) is 6.80. The number of morpholine rings is 1. The minimum absolute atomic E-state index is 0.727. The molecule has 1 saturated heterocycles. The highest BCUT2D eigenvalue weighted by molar-refractivity contribution is 5.51. The molecule has 0 spiro atoms. The van der Waals surface area contributed by atoms with E-state index in [1.165, 1.54) is 0 Å². The van der Waals surface area contributed by atoms with Crippen LogP contribution in [0.3, 0.4) is 0 Å². The molecule has 0 N–H and O–H groups in total. The summed E-state index contributed by atoms with van der Waals surface area (Å²) in [6.45, 7) is 5.09. The summed E-state index contributed by atoms with van der Waals surface area (Å²) in [5.41, 5.74) is 0.772. The number of allylic oxidation sites excluding steroid dienone is 1. The predicted molar refractivity (Wildman–Crippen MR) is 41.9 cm³/mol. The molecule has 0 unspecified atom stereocenters. The van der Waals surface area contributed by atoms with Crippen LogP contribution in [0.1, 0.15) is 13.3 Å². The third-order valence-corrected chi connectivity index (χ3v) is 1.85. The van der Waals surface area contributed by atoms with Crippen molar-refractivity contribution in [3.05, 3.63) is 5.70 Å². The van der Waals surface area contributed by atoms with Crippen molar-refractivity contribution < 1.29 is 9.53 Å². The van der Waals surface area contributed by atoms with Gasteiger partial charge in [-0.05, 0) is 6.42 Å². The van der Waals surface area contributed by atoms with Gasteiger partial charge in [0.2, 0.25) is 0 Å². The van der Waals surface area contributed by atoms with Crippen molar-refractivity contribution in [3.8, 4) is 0 Å². The molecule has 0 radical (unpaired) electrons. The molecule has 62 valence electrons. The Morgan fingerprint density at radius 2 is 2.18 bits per heavy atom. The first-order valence-corrected chi connectivity index (χ1v) is 3.95. The van der Waals surface area contributed by atoms with Gasteiger partial charge in [0.1, 0.15) is 5.94 Å². The number of ether oxygens (including phenoxy) is 1. The van der Waals surface area contributed by atoms with Crippen LogP contribution in [0.25, 0.3) is 0 Å². The topological polar surface area (TPSA) is 29.5 Å². The van der Waals surface area contributed by atoms with Gasteiger partial charge in [-0.1, -0.05) is 6.92 Å². The molecule has 0 aromatic heterocycles. The molecule has 0 saturated carbocycles. The number of hydrogen-bond donors (Lipinski definition) is 0. The Labute approximate surface area is 66.6 Å². The van der Waals surface area contributed by atoms with Crippen molar-refractivity contribution in [2.45, 2.75) is 13.3 Å². The lowest BCUT2D eigenvalue weighted by atomic mass is 10.3. The van der Waals surface area contributed by atoms with E-state index in [4.69, 9.17) is 4.74 Å². The highest BCUT2D eigenvalue weighted by Gasteiger charge is 2.12. The molecule has 0 atom stereocenters. The van der Waals surface area contributed by atoms with Gasteiger partial charge in [0.05, 0.1) is 18.9 Å². The first-order valence-electron chi connectivity index (χ1n) is 3.95. The van der Waals surface area contributed by atoms with Crippen LogP contribution in [0.2, 0.25) is 0 Å². The molecule has 0 aromatic carbocycles. The van der Waals surface area contributed by atoms with Crippen LogP contribution in [-0.4, -0.2) is 37.1 Å². The summed E-state index contributed by atoms with van der Waals surface area (Å²) in [5.74, 6) is 1.96. The number of hydrogen-bond acceptors (Lipinski definition) is 3. The van der Waals surface area contributed by atoms with Crippen LogP contribution >= 0.6 is 0 Å². The van der Waals surface area contributed by atoms with Crippen LogP contribution in [0.4, 0.5) is 0 Å². The van der Waals surface area contributed by atoms with Crippen molar-refractivity contribution in [2.75, 3.05) is 26.3 Å². The average molecular weight is 155 g/mol. The predicted octanol–water partition coefficient (Wildman–Crippen LogP) is 0.444. The van der Waals surface area contributed by atoms with Gasteiger partial charge < -0.3 is 9.64 Å². The van der Waals surface area contributed by atoms with Gasteiger partial charge in [-0.3, -0.25) is 0 Å². The fourth-order valence-corrected chi connectivity index (χ4v) is 1.19. The Kier molecular flexibility index (Phi) is 3.14. The van der Waals surface area contributed by atoms with E-state index in [2.05, 4.69) is 0 Å². The molecule has 1 rings (SSSR count). The minimum atomic E-state index is 0.727. The van der Waals surface area contributed by atoms with E-state index < -0.39 is 0 Å². The summed E-state index contributed by atoms with van der Waals surface area (Å²) >= 11 is 0. The van der Waals surface area contributed by atoms with Gasteiger partial charge in [0.25, 0.3) is 0 Å². The zero-order chi connectivity index (χ0) is 8.10. The highest BCUT2D eigenvalue weighted by Crippen LogP contribution is 2.07. The largest absolute Gasteiger partial charge is 0.378 e. The lowest BCUT2D eigenvalue weighted by Gasteiger charge is -2.28. The van der Waals surface area contributed by atoms with Gasteiger partial charge in [-0.15, -0.1) is 0 Å². The van der Waals surface area contributed by atoms with E-state index in [1.807, 2.05) is 17.8 Å². The third kappa shape index (κ3) is 2.07. The number of carbonyl (C=O) groups excluding carboxylic acids is 1. The Balaban J connectivity index is 2.50. The van der Waals surface area contributed by atoms with E-state index in [1.54, 1.807) is 0 Å². The van der Waals surface area contributed by atoms with Crippen molar-refractivity contribution in [3.63, 3.8) is 0 Å². The molecule has 0 aliphatic carbocycles. The van der Waals surface area contributed by atoms with E-state index in [9.17, 15) is 4.79 Å². The summed E-state index contributed by atoms with van der Waals surface area (Å²) in [7, 11) is 0. The zero-order valence-electron chi connectivity index (χ0n) is 6.80. The fourth-order valence-electron chi connectivity index (χ4n) is 1.19. The van der Waals surface area contributed by atoms with Gasteiger partial charge >= 0.3 is 0 Å². The van der Waals surface area contributed by atoms with Crippen LogP contribution in [-0.2, 0) is 9.53 Å². The summed E-state index contributed by atoms with van der Waals surface area (Å²) in [6, 6.07) is 0. The molecule has 1 aliphatic rings. The van der Waals surface area contributed by atoms with Crippen molar-refractivity contribution in [1.29, 1.82) is 0 Å². The minimum Gasteiger partial charge on any atom is -0.378 e. The first kappa shape index (κ1) is 8.31. The third-order valence-electron chi connectivity index (χ3n) is 1.85. The average Bonchev–Trinajstić information content (AvgIpc) is 2.09. The van der Waals surface area contributed by atoms with Crippen molar-refractivity contribution in [2.24, 2.45) is 0 Å². The molecule has 0 bridgehead atoms. The summed E-state index contributed by atoms with van der Waals surface area (Å²) in [4.78, 5) is 12.4. The molecule has 0 amide bonds. The maximum atomic E-state index is 10.4. The Bertz CT molecular complexity index is 167. The van der Waals surface area contributed by atoms with E-state index >= 15 is 0 Å². The van der Waals surface area contributed by atoms with Crippen LogP contribution in [0, 0.1) is 0 Å². The van der Waals surface area contributed by atoms with Crippen molar-refractivity contribution >= 4 is 5.94 Å². The van der Waals surface area contributed by atoms with E-state index in [-0.39, 0.29) is 0 Å². The summed E-state index contributed by atoms with van der Waals surface area (Å²) in [5, 5.41) is 0. The maximum absolute atomic E-state index is 10.4.